The van der Waals surface area contributed by atoms with Crippen molar-refractivity contribution in [2.75, 3.05) is 9.80 Å². The summed E-state index contributed by atoms with van der Waals surface area (Å²) in [5.41, 5.74) is 16.3. The molecular formula is C67H52N2O2Si. The molecule has 4 nitrogen and oxygen atoms in total. The van der Waals surface area contributed by atoms with Crippen molar-refractivity contribution >= 4 is 124 Å². The summed E-state index contributed by atoms with van der Waals surface area (Å²) < 4.78 is 13.8. The Hall–Kier alpha value is -8.38. The van der Waals surface area contributed by atoms with Crippen LogP contribution in [0.1, 0.15) is 30.5 Å². The van der Waals surface area contributed by atoms with Gasteiger partial charge in [-0.25, -0.2) is 0 Å². The number of anilines is 6. The second-order valence-corrected chi connectivity index (χ2v) is 26.3. The molecule has 14 rings (SSSR count). The normalized spacial score (nSPS) is 13.2. The molecule has 0 spiro atoms. The second-order valence-electron chi connectivity index (χ2n) is 21.3. The molecule has 13 aromatic rings. The van der Waals surface area contributed by atoms with Gasteiger partial charge in [-0.1, -0.05) is 179 Å². The lowest BCUT2D eigenvalue weighted by molar-refractivity contribution is 0.666. The zero-order valence-electron chi connectivity index (χ0n) is 41.3. The van der Waals surface area contributed by atoms with Gasteiger partial charge >= 0.3 is 0 Å². The third-order valence-corrected chi connectivity index (χ3v) is 17.6. The minimum Gasteiger partial charge on any atom is -0.454 e. The first-order valence-electron chi connectivity index (χ1n) is 25.2. The fourth-order valence-corrected chi connectivity index (χ4v) is 13.9. The Morgan fingerprint density at radius 3 is 1.53 bits per heavy atom. The maximum absolute atomic E-state index is 7.03. The average Bonchev–Trinajstić information content (AvgIpc) is 4.06. The van der Waals surface area contributed by atoms with Crippen molar-refractivity contribution in [2.45, 2.75) is 45.8 Å². The molecule has 0 radical (unpaired) electrons. The summed E-state index contributed by atoms with van der Waals surface area (Å²) in [6.07, 6.45) is 0. The van der Waals surface area contributed by atoms with Gasteiger partial charge in [0.15, 0.2) is 11.2 Å². The summed E-state index contributed by atoms with van der Waals surface area (Å²) in [4.78, 5) is 4.74. The Morgan fingerprint density at radius 1 is 0.375 bits per heavy atom. The van der Waals surface area contributed by atoms with Crippen LogP contribution in [0.4, 0.5) is 34.1 Å². The smallest absolute Gasteiger partial charge is 0.159 e. The van der Waals surface area contributed by atoms with Crippen LogP contribution in [0.15, 0.2) is 215 Å². The van der Waals surface area contributed by atoms with Gasteiger partial charge < -0.3 is 18.6 Å². The zero-order valence-corrected chi connectivity index (χ0v) is 42.3. The molecule has 2 aromatic heterocycles. The van der Waals surface area contributed by atoms with E-state index in [9.17, 15) is 0 Å². The Bertz CT molecular complexity index is 4370. The molecule has 72 heavy (non-hydrogen) atoms. The highest BCUT2D eigenvalue weighted by molar-refractivity contribution is 6.90. The maximum Gasteiger partial charge on any atom is 0.159 e. The number of furan rings is 2. The third kappa shape index (κ3) is 6.17. The van der Waals surface area contributed by atoms with Crippen LogP contribution in [0.25, 0.3) is 87.3 Å². The van der Waals surface area contributed by atoms with E-state index in [0.29, 0.717) is 0 Å². The van der Waals surface area contributed by atoms with E-state index in [0.717, 1.165) is 78.2 Å². The van der Waals surface area contributed by atoms with E-state index < -0.39 is 8.07 Å². The Morgan fingerprint density at radius 2 is 0.889 bits per heavy atom. The van der Waals surface area contributed by atoms with Crippen molar-refractivity contribution in [1.82, 2.24) is 0 Å². The van der Waals surface area contributed by atoms with E-state index in [4.69, 9.17) is 8.83 Å². The molecule has 1 aliphatic carbocycles. The van der Waals surface area contributed by atoms with Crippen molar-refractivity contribution in [3.8, 4) is 11.1 Å². The molecule has 0 saturated heterocycles. The molecule has 346 valence electrons. The number of hydrogen-bond acceptors (Lipinski definition) is 4. The lowest BCUT2D eigenvalue weighted by atomic mass is 9.77. The topological polar surface area (TPSA) is 32.8 Å². The van der Waals surface area contributed by atoms with Crippen LogP contribution in [0.2, 0.25) is 19.6 Å². The Kier molecular flexibility index (Phi) is 9.18. The molecule has 2 heterocycles. The molecule has 0 saturated carbocycles. The van der Waals surface area contributed by atoms with Gasteiger partial charge in [0, 0.05) is 49.7 Å². The molecular weight excluding hydrogens is 893 g/mol. The first-order chi connectivity index (χ1) is 35.0. The summed E-state index contributed by atoms with van der Waals surface area (Å²) in [6, 6.07) is 75.6. The number of hydrogen-bond donors (Lipinski definition) is 0. The van der Waals surface area contributed by atoms with Crippen LogP contribution < -0.4 is 15.0 Å². The summed E-state index contributed by atoms with van der Waals surface area (Å²) in [7, 11) is -1.70. The highest BCUT2D eigenvalue weighted by Gasteiger charge is 2.40. The van der Waals surface area contributed by atoms with Gasteiger partial charge in [-0.05, 0) is 133 Å². The number of rotatable bonds is 7. The lowest BCUT2D eigenvalue weighted by Gasteiger charge is -2.28. The number of para-hydroxylation sites is 6. The molecule has 0 atom stereocenters. The van der Waals surface area contributed by atoms with E-state index in [-0.39, 0.29) is 5.41 Å². The Balaban J connectivity index is 0.942. The highest BCUT2D eigenvalue weighted by Crippen LogP contribution is 2.57. The quantitative estimate of drug-likeness (QED) is 0.118. The average molecular weight is 945 g/mol. The fourth-order valence-electron chi connectivity index (χ4n) is 12.4. The largest absolute Gasteiger partial charge is 0.454 e. The number of nitrogens with zero attached hydrogens (tertiary/aromatic N) is 2. The van der Waals surface area contributed by atoms with Crippen LogP contribution >= 0.6 is 0 Å². The van der Waals surface area contributed by atoms with Crippen LogP contribution in [0.5, 0.6) is 0 Å². The fraction of sp³-hybridized carbons (Fsp3) is 0.104. The number of fused-ring (bicyclic) bond motifs is 16. The van der Waals surface area contributed by atoms with Gasteiger partial charge in [-0.15, -0.1) is 0 Å². The monoisotopic (exact) mass is 944 g/mol. The number of aryl methyl sites for hydroxylation is 1. The minimum absolute atomic E-state index is 0.320. The summed E-state index contributed by atoms with van der Waals surface area (Å²) >= 11 is 0. The van der Waals surface area contributed by atoms with Crippen molar-refractivity contribution in [3.05, 3.63) is 223 Å². The minimum atomic E-state index is -1.70. The molecule has 11 aromatic carbocycles. The van der Waals surface area contributed by atoms with Crippen LogP contribution in [-0.4, -0.2) is 8.07 Å². The van der Waals surface area contributed by atoms with E-state index in [1.165, 1.54) is 65.1 Å². The van der Waals surface area contributed by atoms with Gasteiger partial charge in [0.1, 0.15) is 11.2 Å². The molecule has 1 aliphatic rings. The molecule has 0 N–H and O–H groups in total. The maximum atomic E-state index is 7.03. The van der Waals surface area contributed by atoms with E-state index in [1.54, 1.807) is 0 Å². The van der Waals surface area contributed by atoms with Gasteiger partial charge in [-0.3, -0.25) is 0 Å². The lowest BCUT2D eigenvalue weighted by Crippen LogP contribution is -2.37. The summed E-state index contributed by atoms with van der Waals surface area (Å²) in [5.74, 6) is 0. The van der Waals surface area contributed by atoms with Gasteiger partial charge in [0.25, 0.3) is 0 Å². The SMILES string of the molecule is Cc1cccc2c1oc1c(N(c3ccccc3)c3ccc4c5c(c6ccccc6c4c3)-c3ccc4cc(N(c6ccccc6)c6cccc7c6oc6c([Si](C)(C)C)cccc67)ccc4c3C5(C)C)cccc12. The van der Waals surface area contributed by atoms with Crippen LogP contribution in [0, 0.1) is 6.92 Å². The molecule has 0 amide bonds. The van der Waals surface area contributed by atoms with Crippen molar-refractivity contribution in [3.63, 3.8) is 0 Å². The van der Waals surface area contributed by atoms with E-state index in [2.05, 4.69) is 256 Å². The molecule has 0 aliphatic heterocycles. The van der Waals surface area contributed by atoms with Crippen molar-refractivity contribution < 1.29 is 8.83 Å². The van der Waals surface area contributed by atoms with Crippen LogP contribution in [0.3, 0.4) is 0 Å². The molecule has 0 fully saturated rings. The van der Waals surface area contributed by atoms with E-state index in [1.807, 2.05) is 0 Å². The third-order valence-electron chi connectivity index (χ3n) is 15.6. The Labute approximate surface area is 420 Å². The van der Waals surface area contributed by atoms with Gasteiger partial charge in [0.2, 0.25) is 0 Å². The van der Waals surface area contributed by atoms with Crippen LogP contribution in [-0.2, 0) is 5.41 Å². The van der Waals surface area contributed by atoms with Gasteiger partial charge in [-0.2, -0.15) is 0 Å². The molecule has 0 unspecified atom stereocenters. The van der Waals surface area contributed by atoms with Gasteiger partial charge in [0.05, 0.1) is 19.4 Å². The standard InChI is InChI=1S/C67H52N2O2Si/c1-41-19-15-26-51-52-27-16-30-57(64(52)70-63(41)51)69(44-22-11-8-12-23-44)46-35-38-50-56(40-46)48-24-13-14-25-49(48)60-55-36-33-42-39-45(34-37-47(42)61(55)67(2,3)62(50)60)68(43-20-9-7-10-21-43)58-31-17-28-53-54-29-18-32-59(72(4,5)6)66(54)71-65(53)58/h7-40H,1-6H3. The second kappa shape index (κ2) is 15.6. The number of benzene rings is 11. The molecule has 0 bridgehead atoms. The first-order valence-corrected chi connectivity index (χ1v) is 28.7. The zero-order chi connectivity index (χ0) is 48.6. The predicted octanol–water partition coefficient (Wildman–Crippen LogP) is 19.0. The molecule has 5 heteroatoms. The predicted molar refractivity (Wildman–Crippen MR) is 308 cm³/mol. The van der Waals surface area contributed by atoms with E-state index >= 15 is 0 Å². The summed E-state index contributed by atoms with van der Waals surface area (Å²) in [5, 5.41) is 13.4. The first kappa shape index (κ1) is 42.5. The summed E-state index contributed by atoms with van der Waals surface area (Å²) in [6.45, 7) is 14.2. The van der Waals surface area contributed by atoms with Crippen molar-refractivity contribution in [2.24, 2.45) is 0 Å². The highest BCUT2D eigenvalue weighted by atomic mass is 28.3. The van der Waals surface area contributed by atoms with Crippen molar-refractivity contribution in [1.29, 1.82) is 0 Å².